The summed E-state index contributed by atoms with van der Waals surface area (Å²) >= 11 is 0. The zero-order valence-corrected chi connectivity index (χ0v) is 7.35. The van der Waals surface area contributed by atoms with Crippen LogP contribution in [0.4, 0.5) is 0 Å². The van der Waals surface area contributed by atoms with E-state index in [-0.39, 0.29) is 0 Å². The van der Waals surface area contributed by atoms with Crippen LogP contribution in [0.5, 0.6) is 0 Å². The van der Waals surface area contributed by atoms with Gasteiger partial charge in [-0.15, -0.1) is 0 Å². The highest BCUT2D eigenvalue weighted by molar-refractivity contribution is 4.95. The summed E-state index contributed by atoms with van der Waals surface area (Å²) in [5.74, 6) is 0. The van der Waals surface area contributed by atoms with Gasteiger partial charge >= 0.3 is 0 Å². The van der Waals surface area contributed by atoms with E-state index < -0.39 is 30.3 Å². The number of aliphatic hydroxyl groups is 4. The molecular formula is C6H11N3O5. The summed E-state index contributed by atoms with van der Waals surface area (Å²) in [4.78, 5) is 2.41. The molecule has 0 bridgehead atoms. The Labute approximate surface area is 79.0 Å². The predicted octanol–water partition coefficient (Wildman–Crippen LogP) is -1.56. The van der Waals surface area contributed by atoms with Crippen LogP contribution in [0.3, 0.4) is 0 Å². The van der Waals surface area contributed by atoms with Gasteiger partial charge in [0.15, 0.2) is 12.0 Å². The minimum Gasteiger partial charge on any atom is -0.387 e. The van der Waals surface area contributed by atoms with E-state index in [0.717, 1.165) is 0 Å². The third kappa shape index (κ3) is 1.67. The van der Waals surface area contributed by atoms with Gasteiger partial charge in [-0.2, -0.15) is 0 Å². The van der Waals surface area contributed by atoms with Crippen LogP contribution in [0.15, 0.2) is 5.11 Å². The molecule has 8 heteroatoms. The molecule has 0 spiro atoms. The molecule has 1 aliphatic rings. The van der Waals surface area contributed by atoms with Gasteiger partial charge in [0.1, 0.15) is 18.3 Å². The highest BCUT2D eigenvalue weighted by Gasteiger charge is 2.50. The topological polar surface area (TPSA) is 139 Å². The van der Waals surface area contributed by atoms with Crippen LogP contribution >= 0.6 is 0 Å². The van der Waals surface area contributed by atoms with Crippen LogP contribution in [0.25, 0.3) is 10.4 Å². The van der Waals surface area contributed by atoms with E-state index in [9.17, 15) is 10.2 Å². The van der Waals surface area contributed by atoms with Gasteiger partial charge in [-0.3, -0.25) is 0 Å². The highest BCUT2D eigenvalue weighted by atomic mass is 16.7. The van der Waals surface area contributed by atoms with Gasteiger partial charge in [-0.1, -0.05) is 5.11 Å². The number of ether oxygens (including phenoxy) is 1. The lowest BCUT2D eigenvalue weighted by atomic mass is 9.95. The summed E-state index contributed by atoms with van der Waals surface area (Å²) in [5, 5.41) is 40.0. The zero-order chi connectivity index (χ0) is 10.9. The maximum Gasteiger partial charge on any atom is 0.184 e. The minimum atomic E-state index is -1.78. The fraction of sp³-hybridized carbons (Fsp3) is 1.00. The number of hydrogen-bond donors (Lipinski definition) is 4. The summed E-state index contributed by atoms with van der Waals surface area (Å²) in [6.07, 6.45) is -6.57. The van der Waals surface area contributed by atoms with Crippen molar-refractivity contribution in [3.8, 4) is 0 Å². The van der Waals surface area contributed by atoms with Crippen LogP contribution in [-0.4, -0.2) is 50.8 Å². The van der Waals surface area contributed by atoms with Gasteiger partial charge in [0.05, 0.1) is 0 Å². The second-order valence-corrected chi connectivity index (χ2v) is 3.18. The molecule has 1 unspecified atom stereocenters. The van der Waals surface area contributed by atoms with E-state index in [4.69, 9.17) is 15.7 Å². The zero-order valence-electron chi connectivity index (χ0n) is 7.35. The molecule has 1 fully saturated rings. The van der Waals surface area contributed by atoms with Crippen molar-refractivity contribution in [3.63, 3.8) is 0 Å². The standard InChI is InChI=1S/C6H11N3O5/c1-6(8-9-7)4(12)2(10)3(11)5(13)14-6/h2-5,10-13H,1H3/t2-,3+,4+,5?,6-/m0/s1. The first-order chi connectivity index (χ1) is 6.42. The Morgan fingerprint density at radius 3 is 2.36 bits per heavy atom. The van der Waals surface area contributed by atoms with Crippen molar-refractivity contribution in [1.29, 1.82) is 0 Å². The first-order valence-corrected chi connectivity index (χ1v) is 3.88. The average Bonchev–Trinajstić information content (AvgIpc) is 2.12. The maximum absolute atomic E-state index is 9.41. The van der Waals surface area contributed by atoms with Crippen molar-refractivity contribution in [2.45, 2.75) is 37.3 Å². The van der Waals surface area contributed by atoms with Crippen LogP contribution in [-0.2, 0) is 4.74 Å². The van der Waals surface area contributed by atoms with Crippen LogP contribution in [0, 0.1) is 0 Å². The molecule has 0 amide bonds. The molecule has 0 aliphatic carbocycles. The lowest BCUT2D eigenvalue weighted by Gasteiger charge is -2.42. The molecule has 0 aromatic heterocycles. The number of azide groups is 1. The quantitative estimate of drug-likeness (QED) is 0.233. The molecule has 1 rings (SSSR count). The molecule has 1 heterocycles. The van der Waals surface area contributed by atoms with Crippen molar-refractivity contribution in [3.05, 3.63) is 10.4 Å². The second-order valence-electron chi connectivity index (χ2n) is 3.18. The molecule has 0 saturated carbocycles. The fourth-order valence-corrected chi connectivity index (χ4v) is 1.23. The van der Waals surface area contributed by atoms with Crippen molar-refractivity contribution in [2.75, 3.05) is 0 Å². The Bertz CT molecular complexity index is 268. The van der Waals surface area contributed by atoms with Crippen LogP contribution < -0.4 is 0 Å². The molecule has 8 nitrogen and oxygen atoms in total. The van der Waals surface area contributed by atoms with Gasteiger partial charge in [0.25, 0.3) is 0 Å². The molecule has 1 aliphatic heterocycles. The molecule has 4 N–H and O–H groups in total. The minimum absolute atomic E-state index is 1.19. The van der Waals surface area contributed by atoms with E-state index >= 15 is 0 Å². The molecule has 14 heavy (non-hydrogen) atoms. The van der Waals surface area contributed by atoms with Gasteiger partial charge in [-0.25, -0.2) is 0 Å². The van der Waals surface area contributed by atoms with E-state index in [1.165, 1.54) is 6.92 Å². The normalized spacial score (nSPS) is 48.4. The Hall–Kier alpha value is -0.890. The Morgan fingerprint density at radius 2 is 1.86 bits per heavy atom. The number of rotatable bonds is 1. The van der Waals surface area contributed by atoms with Crippen molar-refractivity contribution in [1.82, 2.24) is 0 Å². The monoisotopic (exact) mass is 205 g/mol. The van der Waals surface area contributed by atoms with Crippen molar-refractivity contribution in [2.24, 2.45) is 5.11 Å². The fourth-order valence-electron chi connectivity index (χ4n) is 1.23. The molecule has 0 aromatic carbocycles. The van der Waals surface area contributed by atoms with Crippen molar-refractivity contribution < 1.29 is 25.2 Å². The lowest BCUT2D eigenvalue weighted by Crippen LogP contribution is -2.62. The van der Waals surface area contributed by atoms with Gasteiger partial charge in [0.2, 0.25) is 0 Å². The Morgan fingerprint density at radius 1 is 1.29 bits per heavy atom. The first-order valence-electron chi connectivity index (χ1n) is 3.88. The number of hydrogen-bond acceptors (Lipinski definition) is 6. The highest BCUT2D eigenvalue weighted by Crippen LogP contribution is 2.30. The number of aliphatic hydroxyl groups excluding tert-OH is 4. The van der Waals surface area contributed by atoms with E-state index in [1.54, 1.807) is 0 Å². The smallest absolute Gasteiger partial charge is 0.184 e. The van der Waals surface area contributed by atoms with Gasteiger partial charge < -0.3 is 25.2 Å². The second kappa shape index (κ2) is 3.70. The van der Waals surface area contributed by atoms with Crippen LogP contribution in [0.1, 0.15) is 6.92 Å². The largest absolute Gasteiger partial charge is 0.387 e. The lowest BCUT2D eigenvalue weighted by molar-refractivity contribution is -0.313. The van der Waals surface area contributed by atoms with Gasteiger partial charge in [-0.05, 0) is 12.5 Å². The molecule has 1 saturated heterocycles. The van der Waals surface area contributed by atoms with Crippen LogP contribution in [0.2, 0.25) is 0 Å². The Kier molecular flexibility index (Phi) is 2.95. The van der Waals surface area contributed by atoms with E-state index in [2.05, 4.69) is 14.8 Å². The third-order valence-electron chi connectivity index (χ3n) is 2.12. The van der Waals surface area contributed by atoms with E-state index in [1.807, 2.05) is 0 Å². The summed E-state index contributed by atoms with van der Waals surface area (Å²) in [6, 6.07) is 0. The van der Waals surface area contributed by atoms with Gasteiger partial charge in [0, 0.05) is 4.91 Å². The predicted molar refractivity (Wildman–Crippen MR) is 42.7 cm³/mol. The molecular weight excluding hydrogens is 194 g/mol. The van der Waals surface area contributed by atoms with Crippen molar-refractivity contribution >= 4 is 0 Å². The third-order valence-corrected chi connectivity index (χ3v) is 2.12. The van der Waals surface area contributed by atoms with E-state index in [0.29, 0.717) is 0 Å². The molecule has 80 valence electrons. The summed E-state index contributed by atoms with van der Waals surface area (Å²) in [7, 11) is 0. The molecule has 0 radical (unpaired) electrons. The number of nitrogens with zero attached hydrogens (tertiary/aromatic N) is 3. The average molecular weight is 205 g/mol. The first kappa shape index (κ1) is 11.2. The SMILES string of the molecule is C[C@]1(N=[N+]=[N-])OC(O)[C@H](O)[C@H](O)[C@H]1O. The maximum atomic E-state index is 9.41. The summed E-state index contributed by atoms with van der Waals surface area (Å²) < 4.78 is 4.68. The molecule has 0 aromatic rings. The summed E-state index contributed by atoms with van der Waals surface area (Å²) in [5.41, 5.74) is 6.40. The summed E-state index contributed by atoms with van der Waals surface area (Å²) in [6.45, 7) is 1.19. The Balaban J connectivity index is 2.95. The molecule has 5 atom stereocenters.